The summed E-state index contributed by atoms with van der Waals surface area (Å²) in [6.07, 6.45) is 3.41. The number of benzene rings is 1. The number of carbonyl (C=O) groups is 1. The van der Waals surface area contributed by atoms with Gasteiger partial charge in [-0.2, -0.15) is 0 Å². The Bertz CT molecular complexity index is 478. The van der Waals surface area contributed by atoms with E-state index in [1.807, 2.05) is 18.2 Å². The van der Waals surface area contributed by atoms with Crippen molar-refractivity contribution in [3.63, 3.8) is 0 Å². The van der Waals surface area contributed by atoms with E-state index in [0.29, 0.717) is 12.3 Å². The van der Waals surface area contributed by atoms with Gasteiger partial charge in [0.2, 0.25) is 0 Å². The lowest BCUT2D eigenvalue weighted by molar-refractivity contribution is -0.155. The maximum absolute atomic E-state index is 11.1. The van der Waals surface area contributed by atoms with Crippen LogP contribution < -0.4 is 16.4 Å². The van der Waals surface area contributed by atoms with Gasteiger partial charge in [-0.3, -0.25) is 4.79 Å². The molecule has 5 heteroatoms. The van der Waals surface area contributed by atoms with Crippen LogP contribution in [0.3, 0.4) is 0 Å². The Hall–Kier alpha value is -1.59. The SMILES string of the molecule is CC(=O)N(N)Oc1ccc(C)c(C2(CN)CCC2)c1. The van der Waals surface area contributed by atoms with E-state index in [0.717, 1.165) is 18.0 Å². The summed E-state index contributed by atoms with van der Waals surface area (Å²) >= 11 is 0. The third kappa shape index (κ3) is 2.57. The van der Waals surface area contributed by atoms with Gasteiger partial charge in [0.25, 0.3) is 5.91 Å². The molecule has 0 aromatic heterocycles. The third-order valence-electron chi connectivity index (χ3n) is 4.00. The number of hydrogen-bond acceptors (Lipinski definition) is 4. The predicted molar refractivity (Wildman–Crippen MR) is 73.1 cm³/mol. The molecule has 2 rings (SSSR count). The van der Waals surface area contributed by atoms with Crippen LogP contribution >= 0.6 is 0 Å². The zero-order valence-electron chi connectivity index (χ0n) is 11.5. The van der Waals surface area contributed by atoms with Crippen LogP contribution in [0.1, 0.15) is 37.3 Å². The number of hydrogen-bond donors (Lipinski definition) is 2. The average Bonchev–Trinajstić information content (AvgIpc) is 2.32. The van der Waals surface area contributed by atoms with Crippen molar-refractivity contribution in [2.24, 2.45) is 11.6 Å². The molecule has 1 aromatic carbocycles. The molecule has 1 amide bonds. The lowest BCUT2D eigenvalue weighted by Gasteiger charge is -2.42. The normalized spacial score (nSPS) is 16.6. The van der Waals surface area contributed by atoms with E-state index in [-0.39, 0.29) is 11.3 Å². The lowest BCUT2D eigenvalue weighted by Crippen LogP contribution is -2.42. The number of nitrogens with two attached hydrogens (primary N) is 2. The maximum Gasteiger partial charge on any atom is 0.269 e. The van der Waals surface area contributed by atoms with Crippen LogP contribution in [0, 0.1) is 6.92 Å². The van der Waals surface area contributed by atoms with Gasteiger partial charge in [0.05, 0.1) is 0 Å². The van der Waals surface area contributed by atoms with Crippen molar-refractivity contribution in [3.8, 4) is 5.75 Å². The number of hydrazine groups is 1. The number of hydroxylamine groups is 1. The van der Waals surface area contributed by atoms with E-state index in [2.05, 4.69) is 6.92 Å². The number of carbonyl (C=O) groups excluding carboxylic acids is 1. The molecular formula is C14H21N3O2. The Morgan fingerprint density at radius 1 is 1.47 bits per heavy atom. The zero-order valence-corrected chi connectivity index (χ0v) is 11.5. The van der Waals surface area contributed by atoms with Gasteiger partial charge in [-0.05, 0) is 43.0 Å². The number of aryl methyl sites for hydroxylation is 1. The molecular weight excluding hydrogens is 242 g/mol. The summed E-state index contributed by atoms with van der Waals surface area (Å²) in [6, 6.07) is 5.74. The first-order valence-electron chi connectivity index (χ1n) is 6.53. The molecule has 1 aliphatic rings. The third-order valence-corrected chi connectivity index (χ3v) is 4.00. The molecule has 5 nitrogen and oxygen atoms in total. The minimum Gasteiger partial charge on any atom is -0.361 e. The predicted octanol–water partition coefficient (Wildman–Crippen LogP) is 1.39. The van der Waals surface area contributed by atoms with E-state index >= 15 is 0 Å². The second-order valence-electron chi connectivity index (χ2n) is 5.25. The molecule has 0 unspecified atom stereocenters. The fourth-order valence-corrected chi connectivity index (χ4v) is 2.59. The summed E-state index contributed by atoms with van der Waals surface area (Å²) in [6.45, 7) is 4.05. The van der Waals surface area contributed by atoms with Gasteiger partial charge in [0.1, 0.15) is 0 Å². The van der Waals surface area contributed by atoms with Gasteiger partial charge in [0.15, 0.2) is 5.75 Å². The minimum absolute atomic E-state index is 0.0686. The molecule has 1 fully saturated rings. The summed E-state index contributed by atoms with van der Waals surface area (Å²) in [5.41, 5.74) is 8.41. The molecule has 19 heavy (non-hydrogen) atoms. The van der Waals surface area contributed by atoms with Crippen LogP contribution in [0.15, 0.2) is 18.2 Å². The molecule has 0 aliphatic heterocycles. The highest BCUT2D eigenvalue weighted by Crippen LogP contribution is 2.44. The molecule has 1 saturated carbocycles. The van der Waals surface area contributed by atoms with Crippen molar-refractivity contribution >= 4 is 5.91 Å². The quantitative estimate of drug-likeness (QED) is 0.488. The highest BCUT2D eigenvalue weighted by molar-refractivity contribution is 5.71. The van der Waals surface area contributed by atoms with Crippen LogP contribution in [0.4, 0.5) is 0 Å². The molecule has 1 aliphatic carbocycles. The van der Waals surface area contributed by atoms with E-state index < -0.39 is 0 Å². The van der Waals surface area contributed by atoms with Crippen LogP contribution in [0.2, 0.25) is 0 Å². The first kappa shape index (κ1) is 13.8. The fourth-order valence-electron chi connectivity index (χ4n) is 2.59. The fraction of sp³-hybridized carbons (Fsp3) is 0.500. The highest BCUT2D eigenvalue weighted by atomic mass is 16.7. The second-order valence-corrected chi connectivity index (χ2v) is 5.25. The summed E-state index contributed by atoms with van der Waals surface area (Å²) < 4.78 is 0. The molecule has 0 saturated heterocycles. The smallest absolute Gasteiger partial charge is 0.269 e. The molecule has 1 aromatic rings. The van der Waals surface area contributed by atoms with Crippen molar-refractivity contribution in [2.75, 3.05) is 6.54 Å². The van der Waals surface area contributed by atoms with Crippen LogP contribution in [0.25, 0.3) is 0 Å². The Labute approximate surface area is 113 Å². The maximum atomic E-state index is 11.1. The Kier molecular flexibility index (Phi) is 3.78. The molecule has 0 bridgehead atoms. The molecule has 0 atom stereocenters. The molecule has 0 spiro atoms. The Morgan fingerprint density at radius 3 is 2.63 bits per heavy atom. The van der Waals surface area contributed by atoms with Gasteiger partial charge in [-0.15, -0.1) is 5.17 Å². The standard InChI is InChI=1S/C14H21N3O2/c1-10-4-5-12(19-17(16)11(2)18)8-13(10)14(9-15)6-3-7-14/h4-5,8H,3,6-7,9,15-16H2,1-2H3. The van der Waals surface area contributed by atoms with E-state index in [1.165, 1.54) is 24.5 Å². The van der Waals surface area contributed by atoms with Crippen LogP contribution in [-0.2, 0) is 10.2 Å². The van der Waals surface area contributed by atoms with Gasteiger partial charge < -0.3 is 10.6 Å². The van der Waals surface area contributed by atoms with Crippen LogP contribution in [-0.4, -0.2) is 17.6 Å². The number of nitrogens with zero attached hydrogens (tertiary/aromatic N) is 1. The van der Waals surface area contributed by atoms with Crippen molar-refractivity contribution in [2.45, 2.75) is 38.5 Å². The van der Waals surface area contributed by atoms with Gasteiger partial charge in [-0.25, -0.2) is 5.84 Å². The van der Waals surface area contributed by atoms with Crippen molar-refractivity contribution < 1.29 is 9.63 Å². The average molecular weight is 263 g/mol. The topological polar surface area (TPSA) is 81.6 Å². The largest absolute Gasteiger partial charge is 0.361 e. The zero-order chi connectivity index (χ0) is 14.0. The van der Waals surface area contributed by atoms with Crippen molar-refractivity contribution in [1.82, 2.24) is 5.17 Å². The molecule has 0 heterocycles. The molecule has 4 N–H and O–H groups in total. The summed E-state index contributed by atoms with van der Waals surface area (Å²) in [4.78, 5) is 16.4. The second kappa shape index (κ2) is 5.19. The van der Waals surface area contributed by atoms with E-state index in [1.54, 1.807) is 0 Å². The van der Waals surface area contributed by atoms with Gasteiger partial charge in [0, 0.05) is 18.9 Å². The molecule has 104 valence electrons. The van der Waals surface area contributed by atoms with E-state index in [4.69, 9.17) is 16.4 Å². The number of amides is 1. The minimum atomic E-state index is -0.348. The van der Waals surface area contributed by atoms with Crippen molar-refractivity contribution in [1.29, 1.82) is 0 Å². The number of rotatable bonds is 4. The van der Waals surface area contributed by atoms with Crippen LogP contribution in [0.5, 0.6) is 5.75 Å². The van der Waals surface area contributed by atoms with Gasteiger partial charge in [-0.1, -0.05) is 12.5 Å². The summed E-state index contributed by atoms with van der Waals surface area (Å²) in [7, 11) is 0. The first-order valence-corrected chi connectivity index (χ1v) is 6.53. The highest BCUT2D eigenvalue weighted by Gasteiger charge is 2.38. The van der Waals surface area contributed by atoms with Crippen molar-refractivity contribution in [3.05, 3.63) is 29.3 Å². The monoisotopic (exact) mass is 263 g/mol. The Morgan fingerprint density at radius 2 is 2.16 bits per heavy atom. The Balaban J connectivity index is 2.27. The summed E-state index contributed by atoms with van der Waals surface area (Å²) in [5, 5.41) is 0.740. The summed E-state index contributed by atoms with van der Waals surface area (Å²) in [5.74, 6) is 5.68. The molecule has 0 radical (unpaired) electrons. The van der Waals surface area contributed by atoms with Gasteiger partial charge >= 0.3 is 0 Å². The lowest BCUT2D eigenvalue weighted by atomic mass is 9.63. The van der Waals surface area contributed by atoms with E-state index in [9.17, 15) is 4.79 Å². The first-order chi connectivity index (χ1) is 8.98.